The largest absolute Gasteiger partial charge is 0.463 e. The van der Waals surface area contributed by atoms with Crippen molar-refractivity contribution in [2.24, 2.45) is 0 Å². The van der Waals surface area contributed by atoms with E-state index in [2.05, 4.69) is 37.9 Å². The summed E-state index contributed by atoms with van der Waals surface area (Å²) >= 11 is 0. The number of hydrogen-bond donors (Lipinski definition) is 1. The van der Waals surface area contributed by atoms with Gasteiger partial charge in [0.1, 0.15) is 0 Å². The van der Waals surface area contributed by atoms with Crippen molar-refractivity contribution >= 4 is 13.1 Å². The van der Waals surface area contributed by atoms with Gasteiger partial charge in [-0.2, -0.15) is 0 Å². The molecule has 4 aliphatic heterocycles. The SMILES string of the molecule is CC1(C)OB(C2CCN(C(=O)NCC3CN4CCCC4CO3)C2)OC1(C)C. The molecule has 4 aliphatic rings. The molecule has 0 radical (unpaired) electrons. The highest BCUT2D eigenvalue weighted by atomic mass is 16.7. The van der Waals surface area contributed by atoms with Crippen LogP contribution in [0.1, 0.15) is 47.0 Å². The van der Waals surface area contributed by atoms with E-state index in [0.29, 0.717) is 19.1 Å². The van der Waals surface area contributed by atoms with Crippen LogP contribution in [0, 0.1) is 0 Å². The Bertz CT molecular complexity index is 557. The van der Waals surface area contributed by atoms with Crippen molar-refractivity contribution in [3.63, 3.8) is 0 Å². The second-order valence-electron chi connectivity index (χ2n) is 9.55. The molecule has 152 valence electrons. The normalized spacial score (nSPS) is 35.5. The zero-order chi connectivity index (χ0) is 19.2. The number of carbonyl (C=O) groups excluding carboxylic acids is 1. The summed E-state index contributed by atoms with van der Waals surface area (Å²) in [6.45, 7) is 13.2. The predicted octanol–water partition coefficient (Wildman–Crippen LogP) is 1.73. The van der Waals surface area contributed by atoms with E-state index < -0.39 is 0 Å². The second kappa shape index (κ2) is 7.21. The third-order valence-electron chi connectivity index (χ3n) is 7.11. The van der Waals surface area contributed by atoms with Crippen LogP contribution in [0.2, 0.25) is 5.82 Å². The fraction of sp³-hybridized carbons (Fsp3) is 0.947. The van der Waals surface area contributed by atoms with Gasteiger partial charge in [-0.1, -0.05) is 0 Å². The van der Waals surface area contributed by atoms with E-state index in [1.54, 1.807) is 0 Å². The van der Waals surface area contributed by atoms with Crippen LogP contribution in [0.25, 0.3) is 0 Å². The molecule has 1 N–H and O–H groups in total. The lowest BCUT2D eigenvalue weighted by Gasteiger charge is -2.35. The van der Waals surface area contributed by atoms with Crippen molar-refractivity contribution in [1.82, 2.24) is 15.1 Å². The maximum atomic E-state index is 12.6. The molecule has 3 unspecified atom stereocenters. The van der Waals surface area contributed by atoms with Gasteiger partial charge in [-0.3, -0.25) is 4.90 Å². The van der Waals surface area contributed by atoms with E-state index in [4.69, 9.17) is 14.0 Å². The minimum Gasteiger partial charge on any atom is -0.403 e. The number of amides is 2. The van der Waals surface area contributed by atoms with Crippen LogP contribution < -0.4 is 5.32 Å². The third kappa shape index (κ3) is 3.86. The van der Waals surface area contributed by atoms with Crippen molar-refractivity contribution in [1.29, 1.82) is 0 Å². The number of likely N-dealkylation sites (tertiary alicyclic amines) is 1. The second-order valence-corrected chi connectivity index (χ2v) is 9.55. The number of ether oxygens (including phenoxy) is 1. The zero-order valence-electron chi connectivity index (χ0n) is 17.2. The smallest absolute Gasteiger partial charge is 0.403 e. The molecule has 0 aromatic rings. The van der Waals surface area contributed by atoms with Crippen LogP contribution in [0.15, 0.2) is 0 Å². The summed E-state index contributed by atoms with van der Waals surface area (Å²) in [6.07, 6.45) is 3.53. The number of nitrogens with zero attached hydrogens (tertiary/aromatic N) is 2. The van der Waals surface area contributed by atoms with Crippen molar-refractivity contribution in [3.05, 3.63) is 0 Å². The standard InChI is InChI=1S/C19H34BN3O4/c1-18(2)19(3,4)27-20(26-18)14-7-9-23(11-14)17(24)21-10-16-12-22-8-5-6-15(22)13-25-16/h14-16H,5-13H2,1-4H3,(H,21,24). The molecule has 0 bridgehead atoms. The zero-order valence-corrected chi connectivity index (χ0v) is 17.2. The number of carbonyl (C=O) groups is 1. The third-order valence-corrected chi connectivity index (χ3v) is 7.11. The highest BCUT2D eigenvalue weighted by Gasteiger charge is 2.54. The number of hydrogen-bond acceptors (Lipinski definition) is 5. The van der Waals surface area contributed by atoms with Gasteiger partial charge in [0.05, 0.1) is 23.9 Å². The summed E-state index contributed by atoms with van der Waals surface area (Å²) in [5.41, 5.74) is -0.641. The molecule has 0 aromatic heterocycles. The van der Waals surface area contributed by atoms with E-state index in [-0.39, 0.29) is 36.3 Å². The molecule has 3 atom stereocenters. The van der Waals surface area contributed by atoms with Crippen molar-refractivity contribution < 1.29 is 18.8 Å². The first-order chi connectivity index (χ1) is 12.7. The van der Waals surface area contributed by atoms with E-state index in [9.17, 15) is 4.79 Å². The highest BCUT2D eigenvalue weighted by molar-refractivity contribution is 6.47. The molecule has 7 nitrogen and oxygen atoms in total. The van der Waals surface area contributed by atoms with Crippen LogP contribution in [0.4, 0.5) is 4.79 Å². The molecule has 0 saturated carbocycles. The average molecular weight is 379 g/mol. The Morgan fingerprint density at radius 3 is 2.59 bits per heavy atom. The molecule has 4 saturated heterocycles. The predicted molar refractivity (Wildman–Crippen MR) is 104 cm³/mol. The van der Waals surface area contributed by atoms with Gasteiger partial charge in [-0.05, 0) is 53.5 Å². The monoisotopic (exact) mass is 379 g/mol. The topological polar surface area (TPSA) is 63.3 Å². The first-order valence-electron chi connectivity index (χ1n) is 10.5. The van der Waals surface area contributed by atoms with Gasteiger partial charge < -0.3 is 24.3 Å². The maximum Gasteiger partial charge on any atom is 0.463 e. The molecular weight excluding hydrogens is 345 g/mol. The summed E-state index contributed by atoms with van der Waals surface area (Å²) < 4.78 is 18.3. The number of urea groups is 1. The van der Waals surface area contributed by atoms with Crippen LogP contribution in [0.3, 0.4) is 0 Å². The maximum absolute atomic E-state index is 12.6. The van der Waals surface area contributed by atoms with Gasteiger partial charge in [-0.25, -0.2) is 4.79 Å². The highest BCUT2D eigenvalue weighted by Crippen LogP contribution is 2.42. The van der Waals surface area contributed by atoms with Gasteiger partial charge in [0.15, 0.2) is 0 Å². The van der Waals surface area contributed by atoms with Crippen LogP contribution in [-0.4, -0.2) is 85.6 Å². The number of morpholine rings is 1. The Balaban J connectivity index is 1.23. The fourth-order valence-corrected chi connectivity index (χ4v) is 4.60. The first kappa shape index (κ1) is 19.5. The summed E-state index contributed by atoms with van der Waals surface area (Å²) in [4.78, 5) is 17.0. The summed E-state index contributed by atoms with van der Waals surface area (Å²) in [6, 6.07) is 0.595. The fourth-order valence-electron chi connectivity index (χ4n) is 4.60. The Morgan fingerprint density at radius 2 is 1.85 bits per heavy atom. The number of nitrogens with one attached hydrogen (secondary N) is 1. The first-order valence-corrected chi connectivity index (χ1v) is 10.5. The van der Waals surface area contributed by atoms with Crippen LogP contribution >= 0.6 is 0 Å². The summed E-state index contributed by atoms with van der Waals surface area (Å²) in [5, 5.41) is 3.07. The van der Waals surface area contributed by atoms with E-state index >= 15 is 0 Å². The lowest BCUT2D eigenvalue weighted by molar-refractivity contribution is -0.0460. The van der Waals surface area contributed by atoms with Gasteiger partial charge in [0, 0.05) is 38.0 Å². The summed E-state index contributed by atoms with van der Waals surface area (Å²) in [7, 11) is -0.235. The Labute approximate surface area is 163 Å². The minimum atomic E-state index is -0.320. The number of rotatable bonds is 3. The van der Waals surface area contributed by atoms with Crippen molar-refractivity contribution in [3.8, 4) is 0 Å². The van der Waals surface area contributed by atoms with E-state index in [1.165, 1.54) is 19.4 Å². The minimum absolute atomic E-state index is 0.00108. The molecule has 4 rings (SSSR count). The van der Waals surface area contributed by atoms with Crippen LogP contribution in [-0.2, 0) is 14.0 Å². The molecule has 4 fully saturated rings. The lowest BCUT2D eigenvalue weighted by Crippen LogP contribution is -2.51. The van der Waals surface area contributed by atoms with E-state index in [1.807, 2.05) is 4.90 Å². The Hall–Kier alpha value is -0.825. The number of fused-ring (bicyclic) bond motifs is 1. The van der Waals surface area contributed by atoms with Gasteiger partial charge in [-0.15, -0.1) is 0 Å². The summed E-state index contributed by atoms with van der Waals surface area (Å²) in [5.74, 6) is 0.230. The molecular formula is C19H34BN3O4. The van der Waals surface area contributed by atoms with E-state index in [0.717, 1.165) is 26.1 Å². The lowest BCUT2D eigenvalue weighted by atomic mass is 9.71. The molecule has 0 aromatic carbocycles. The molecule has 8 heteroatoms. The molecule has 2 amide bonds. The van der Waals surface area contributed by atoms with Crippen molar-refractivity contribution in [2.75, 3.05) is 39.3 Å². The average Bonchev–Trinajstić information content (AvgIpc) is 3.30. The van der Waals surface area contributed by atoms with Gasteiger partial charge >= 0.3 is 13.1 Å². The molecule has 0 spiro atoms. The molecule has 27 heavy (non-hydrogen) atoms. The van der Waals surface area contributed by atoms with Gasteiger partial charge in [0.25, 0.3) is 0 Å². The van der Waals surface area contributed by atoms with Gasteiger partial charge in [0.2, 0.25) is 0 Å². The van der Waals surface area contributed by atoms with Crippen LogP contribution in [0.5, 0.6) is 0 Å². The quantitative estimate of drug-likeness (QED) is 0.757. The molecule has 4 heterocycles. The Morgan fingerprint density at radius 1 is 1.11 bits per heavy atom. The molecule has 0 aliphatic carbocycles. The Kier molecular flexibility index (Phi) is 5.20. The van der Waals surface area contributed by atoms with Crippen molar-refractivity contribution in [2.45, 2.75) is 76.1 Å².